The fourth-order valence-corrected chi connectivity index (χ4v) is 4.77. The number of hydrazone groups is 1. The molecule has 176 valence electrons. The van der Waals surface area contributed by atoms with Gasteiger partial charge in [-0.25, -0.2) is 14.9 Å². The number of hydrazine groups is 2. The van der Waals surface area contributed by atoms with E-state index in [0.717, 1.165) is 23.4 Å². The Morgan fingerprint density at radius 3 is 2.79 bits per heavy atom. The number of morpholine rings is 1. The SMILES string of the molecule is Cc1c([C@H]2CN3CCN(C(=O)Cc4ccc(N5C=NNN5)cc4)C[C@@H]3CO2)ccc(F)c1C#N. The van der Waals surface area contributed by atoms with Crippen LogP contribution in [0.1, 0.15) is 28.4 Å². The molecule has 9 nitrogen and oxygen atoms in total. The van der Waals surface area contributed by atoms with Gasteiger partial charge in [0.1, 0.15) is 18.2 Å². The quantitative estimate of drug-likeness (QED) is 0.711. The number of hydrogen-bond acceptors (Lipinski definition) is 8. The smallest absolute Gasteiger partial charge is 0.227 e. The summed E-state index contributed by atoms with van der Waals surface area (Å²) in [4.78, 5) is 17.2. The number of nitrogens with one attached hydrogen (secondary N) is 2. The molecule has 1 amide bonds. The van der Waals surface area contributed by atoms with Crippen LogP contribution in [0, 0.1) is 24.1 Å². The molecule has 0 aliphatic carbocycles. The van der Waals surface area contributed by atoms with E-state index in [1.54, 1.807) is 24.3 Å². The maximum absolute atomic E-state index is 13.9. The number of rotatable bonds is 4. The van der Waals surface area contributed by atoms with Crippen LogP contribution in [0.5, 0.6) is 0 Å². The third kappa shape index (κ3) is 4.33. The molecule has 0 unspecified atom stereocenters. The zero-order chi connectivity index (χ0) is 23.7. The molecule has 3 heterocycles. The molecule has 0 radical (unpaired) electrons. The molecule has 34 heavy (non-hydrogen) atoms. The number of nitriles is 1. The highest BCUT2D eigenvalue weighted by molar-refractivity contribution is 5.80. The molecule has 5 rings (SSSR count). The van der Waals surface area contributed by atoms with Crippen LogP contribution < -0.4 is 16.1 Å². The summed E-state index contributed by atoms with van der Waals surface area (Å²) in [6.07, 6.45) is 1.77. The van der Waals surface area contributed by atoms with Gasteiger partial charge in [0.05, 0.1) is 36.4 Å². The second kappa shape index (κ2) is 9.38. The van der Waals surface area contributed by atoms with Crippen molar-refractivity contribution in [3.63, 3.8) is 0 Å². The van der Waals surface area contributed by atoms with Crippen molar-refractivity contribution >= 4 is 17.9 Å². The summed E-state index contributed by atoms with van der Waals surface area (Å²) >= 11 is 0. The lowest BCUT2D eigenvalue weighted by Gasteiger charge is -2.46. The first-order chi connectivity index (χ1) is 16.5. The van der Waals surface area contributed by atoms with Gasteiger partial charge in [0.2, 0.25) is 5.91 Å². The predicted molar refractivity (Wildman–Crippen MR) is 124 cm³/mol. The van der Waals surface area contributed by atoms with Crippen molar-refractivity contribution in [3.8, 4) is 6.07 Å². The van der Waals surface area contributed by atoms with E-state index in [0.29, 0.717) is 38.2 Å². The number of carbonyl (C=O) groups is 1. The number of ether oxygens (including phenoxy) is 1. The molecule has 2 fully saturated rings. The predicted octanol–water partition coefficient (Wildman–Crippen LogP) is 1.61. The second-order valence-corrected chi connectivity index (χ2v) is 8.74. The third-order valence-corrected chi connectivity index (χ3v) is 6.74. The van der Waals surface area contributed by atoms with Gasteiger partial charge in [-0.15, -0.1) is 5.53 Å². The van der Waals surface area contributed by atoms with Gasteiger partial charge in [-0.3, -0.25) is 9.69 Å². The number of anilines is 1. The van der Waals surface area contributed by atoms with Crippen molar-refractivity contribution < 1.29 is 13.9 Å². The van der Waals surface area contributed by atoms with E-state index in [4.69, 9.17) is 4.74 Å². The molecule has 0 saturated carbocycles. The van der Waals surface area contributed by atoms with Crippen molar-refractivity contribution in [2.45, 2.75) is 25.5 Å². The Kier molecular flexibility index (Phi) is 6.15. The van der Waals surface area contributed by atoms with E-state index < -0.39 is 5.82 Å². The zero-order valence-electron chi connectivity index (χ0n) is 18.9. The number of piperazine rings is 1. The molecule has 3 aliphatic heterocycles. The van der Waals surface area contributed by atoms with Crippen LogP contribution in [-0.2, 0) is 16.0 Å². The van der Waals surface area contributed by atoms with Gasteiger partial charge in [0.25, 0.3) is 0 Å². The van der Waals surface area contributed by atoms with Crippen LogP contribution in [0.2, 0.25) is 0 Å². The highest BCUT2D eigenvalue weighted by Crippen LogP contribution is 2.31. The average Bonchev–Trinajstić information content (AvgIpc) is 3.39. The van der Waals surface area contributed by atoms with Crippen molar-refractivity contribution in [1.29, 1.82) is 5.26 Å². The molecule has 0 bridgehead atoms. The monoisotopic (exact) mass is 463 g/mol. The summed E-state index contributed by atoms with van der Waals surface area (Å²) < 4.78 is 20.0. The summed E-state index contributed by atoms with van der Waals surface area (Å²) in [7, 11) is 0. The second-order valence-electron chi connectivity index (χ2n) is 8.74. The van der Waals surface area contributed by atoms with Gasteiger partial charge in [0.15, 0.2) is 0 Å². The van der Waals surface area contributed by atoms with Crippen LogP contribution in [-0.4, -0.2) is 60.9 Å². The fraction of sp³-hybridized carbons (Fsp3) is 0.375. The maximum Gasteiger partial charge on any atom is 0.227 e. The molecule has 2 N–H and O–H groups in total. The molecule has 2 atom stereocenters. The molecule has 3 aliphatic rings. The largest absolute Gasteiger partial charge is 0.370 e. The standard InChI is InChI=1S/C24H26FN7O2/c1-16-20(6-7-22(25)21(16)11-26)23-13-30-8-9-31(12-19(30)14-34-23)24(33)10-17-2-4-18(5-3-17)32-15-27-28-29-32/h2-7,15,19,23,28-29H,8-10,12-14H2,1H3/t19-,23-/m1/s1. The molecular formula is C24H26FN7O2. The van der Waals surface area contributed by atoms with Crippen molar-refractivity contribution in [3.05, 3.63) is 64.5 Å². The van der Waals surface area contributed by atoms with E-state index >= 15 is 0 Å². The van der Waals surface area contributed by atoms with Gasteiger partial charge in [-0.1, -0.05) is 18.2 Å². The van der Waals surface area contributed by atoms with Gasteiger partial charge in [0, 0.05) is 26.2 Å². The van der Waals surface area contributed by atoms with E-state index in [1.165, 1.54) is 6.07 Å². The Hall–Kier alpha value is -3.52. The Bertz CT molecular complexity index is 1150. The Labute approximate surface area is 197 Å². The van der Waals surface area contributed by atoms with E-state index in [2.05, 4.69) is 21.1 Å². The Morgan fingerprint density at radius 1 is 1.24 bits per heavy atom. The van der Waals surface area contributed by atoms with Gasteiger partial charge in [-0.05, 0) is 41.8 Å². The molecule has 2 aromatic carbocycles. The maximum atomic E-state index is 13.9. The summed E-state index contributed by atoms with van der Waals surface area (Å²) in [5, 5.41) is 14.9. The van der Waals surface area contributed by atoms with E-state index in [9.17, 15) is 14.4 Å². The lowest BCUT2D eigenvalue weighted by Crippen LogP contribution is -2.59. The van der Waals surface area contributed by atoms with Crippen LogP contribution in [0.25, 0.3) is 0 Å². The normalized spacial score (nSPS) is 22.3. The third-order valence-electron chi connectivity index (χ3n) is 6.74. The van der Waals surface area contributed by atoms with Gasteiger partial charge >= 0.3 is 0 Å². The number of hydrogen-bond donors (Lipinski definition) is 2. The molecule has 2 saturated heterocycles. The highest BCUT2D eigenvalue weighted by atomic mass is 19.1. The lowest BCUT2D eigenvalue weighted by atomic mass is 9.96. The Morgan fingerprint density at radius 2 is 2.06 bits per heavy atom. The average molecular weight is 464 g/mol. The van der Waals surface area contributed by atoms with Crippen molar-refractivity contribution in [2.24, 2.45) is 5.10 Å². The number of amides is 1. The van der Waals surface area contributed by atoms with Gasteiger partial charge in [-0.2, -0.15) is 10.4 Å². The molecule has 0 spiro atoms. The highest BCUT2D eigenvalue weighted by Gasteiger charge is 2.36. The van der Waals surface area contributed by atoms with Gasteiger partial charge < -0.3 is 9.64 Å². The zero-order valence-corrected chi connectivity index (χ0v) is 18.9. The van der Waals surface area contributed by atoms with Crippen molar-refractivity contribution in [2.75, 3.05) is 37.8 Å². The van der Waals surface area contributed by atoms with Crippen LogP contribution in [0.4, 0.5) is 10.1 Å². The summed E-state index contributed by atoms with van der Waals surface area (Å²) in [6, 6.07) is 12.9. The van der Waals surface area contributed by atoms with Crippen LogP contribution in [0.15, 0.2) is 41.5 Å². The van der Waals surface area contributed by atoms with E-state index in [-0.39, 0.29) is 23.6 Å². The summed E-state index contributed by atoms with van der Waals surface area (Å²) in [5.74, 6) is -0.400. The molecular weight excluding hydrogens is 437 g/mol. The molecule has 10 heteroatoms. The number of fused-ring (bicyclic) bond motifs is 1. The first kappa shape index (κ1) is 22.3. The minimum atomic E-state index is -0.502. The van der Waals surface area contributed by atoms with Crippen LogP contribution >= 0.6 is 0 Å². The first-order valence-electron chi connectivity index (χ1n) is 11.3. The number of halogens is 1. The minimum Gasteiger partial charge on any atom is -0.370 e. The van der Waals surface area contributed by atoms with E-state index in [1.807, 2.05) is 35.2 Å². The summed E-state index contributed by atoms with van der Waals surface area (Å²) in [5.41, 5.74) is 8.97. The molecule has 0 aromatic heterocycles. The number of carbonyl (C=O) groups excluding carboxylic acids is 1. The minimum absolute atomic E-state index is 0.0770. The topological polar surface area (TPSA) is 96.2 Å². The summed E-state index contributed by atoms with van der Waals surface area (Å²) in [6.45, 7) is 4.95. The number of benzene rings is 2. The van der Waals surface area contributed by atoms with Crippen LogP contribution in [0.3, 0.4) is 0 Å². The lowest BCUT2D eigenvalue weighted by molar-refractivity contribution is -0.139. The molecule has 2 aromatic rings. The van der Waals surface area contributed by atoms with Crippen molar-refractivity contribution in [1.82, 2.24) is 20.9 Å². The fourth-order valence-electron chi connectivity index (χ4n) is 4.77. The number of nitrogens with zero attached hydrogens (tertiary/aromatic N) is 5. The first-order valence-corrected chi connectivity index (χ1v) is 11.3. The Balaban J connectivity index is 1.18.